The lowest BCUT2D eigenvalue weighted by atomic mass is 10.1. The van der Waals surface area contributed by atoms with Gasteiger partial charge in [0.1, 0.15) is 5.75 Å². The molecule has 0 aliphatic heterocycles. The molecular formula is C27H28N2O5. The van der Waals surface area contributed by atoms with E-state index in [1.165, 1.54) is 13.2 Å². The summed E-state index contributed by atoms with van der Waals surface area (Å²) in [4.78, 5) is 12.5. The predicted octanol–water partition coefficient (Wildman–Crippen LogP) is 5.28. The summed E-state index contributed by atoms with van der Waals surface area (Å²) in [6, 6.07) is 16.4. The minimum atomic E-state index is -0.174. The van der Waals surface area contributed by atoms with E-state index in [2.05, 4.69) is 5.32 Å². The maximum atomic E-state index is 12.5. The van der Waals surface area contributed by atoms with Crippen LogP contribution in [0.5, 0.6) is 23.0 Å². The maximum absolute atomic E-state index is 12.5. The Labute approximate surface area is 199 Å². The summed E-state index contributed by atoms with van der Waals surface area (Å²) in [5.41, 5.74) is 9.44. The van der Waals surface area contributed by atoms with Crippen LogP contribution in [0.3, 0.4) is 0 Å². The Balaban J connectivity index is 1.77. The molecule has 3 aromatic rings. The van der Waals surface area contributed by atoms with Gasteiger partial charge in [0.15, 0.2) is 17.3 Å². The first-order valence-electron chi connectivity index (χ1n) is 10.5. The van der Waals surface area contributed by atoms with Gasteiger partial charge in [-0.25, -0.2) is 0 Å². The number of hydrogen-bond donors (Lipinski definition) is 2. The first-order valence-corrected chi connectivity index (χ1v) is 10.5. The number of ketones is 1. The summed E-state index contributed by atoms with van der Waals surface area (Å²) >= 11 is 0. The standard InChI is InChI=1S/C27H28N2O5/c1-31-24-12-11-20(17-21(24)28)23(30)13-14-29-22-8-6-5-7-19(22)10-9-18-15-25(32-2)27(34-4)26(16-18)33-3/h5-17,29H,28H2,1-4H3/b10-9-,14-13-. The zero-order valence-corrected chi connectivity index (χ0v) is 19.6. The topological polar surface area (TPSA) is 92.0 Å². The molecule has 0 aliphatic rings. The number of rotatable bonds is 10. The summed E-state index contributed by atoms with van der Waals surface area (Å²) in [5.74, 6) is 2.05. The molecule has 3 rings (SSSR count). The first kappa shape index (κ1) is 24.3. The fraction of sp³-hybridized carbons (Fsp3) is 0.148. The van der Waals surface area contributed by atoms with Crippen molar-refractivity contribution in [2.24, 2.45) is 0 Å². The number of carbonyl (C=O) groups excluding carboxylic acids is 1. The molecule has 3 N–H and O–H groups in total. The Hall–Kier alpha value is -4.39. The van der Waals surface area contributed by atoms with Gasteiger partial charge in [-0.15, -0.1) is 0 Å². The molecule has 3 aromatic carbocycles. The van der Waals surface area contributed by atoms with Crippen LogP contribution < -0.4 is 30.0 Å². The van der Waals surface area contributed by atoms with E-state index in [-0.39, 0.29) is 5.78 Å². The quantitative estimate of drug-likeness (QED) is 0.184. The van der Waals surface area contributed by atoms with Gasteiger partial charge in [-0.05, 0) is 47.5 Å². The van der Waals surface area contributed by atoms with E-state index in [1.807, 2.05) is 48.6 Å². The van der Waals surface area contributed by atoms with Gasteiger partial charge in [-0.3, -0.25) is 4.79 Å². The van der Waals surface area contributed by atoms with E-state index in [9.17, 15) is 4.79 Å². The molecule has 34 heavy (non-hydrogen) atoms. The fourth-order valence-corrected chi connectivity index (χ4v) is 3.35. The third-order valence-corrected chi connectivity index (χ3v) is 5.09. The van der Waals surface area contributed by atoms with Crippen LogP contribution in [0.4, 0.5) is 11.4 Å². The molecule has 0 radical (unpaired) electrons. The number of para-hydroxylation sites is 1. The largest absolute Gasteiger partial charge is 0.495 e. The zero-order chi connectivity index (χ0) is 24.5. The SMILES string of the molecule is COc1ccc(C(=O)/C=C\Nc2ccccc2/C=C\c2cc(OC)c(OC)c(OC)c2)cc1N. The van der Waals surface area contributed by atoms with Crippen molar-refractivity contribution in [2.75, 3.05) is 39.5 Å². The lowest BCUT2D eigenvalue weighted by Crippen LogP contribution is -2.00. The predicted molar refractivity (Wildman–Crippen MR) is 136 cm³/mol. The average Bonchev–Trinajstić information content (AvgIpc) is 2.87. The second-order valence-corrected chi connectivity index (χ2v) is 7.18. The molecule has 0 amide bonds. The smallest absolute Gasteiger partial charge is 0.203 e. The van der Waals surface area contributed by atoms with Gasteiger partial charge in [-0.1, -0.05) is 30.4 Å². The summed E-state index contributed by atoms with van der Waals surface area (Å²) in [6.07, 6.45) is 6.97. The number of benzene rings is 3. The van der Waals surface area contributed by atoms with Crippen LogP contribution in [0.1, 0.15) is 21.5 Å². The van der Waals surface area contributed by atoms with Gasteiger partial charge in [0.05, 0.1) is 34.1 Å². The van der Waals surface area contributed by atoms with Gasteiger partial charge in [0.2, 0.25) is 5.75 Å². The Morgan fingerprint density at radius 3 is 2.12 bits per heavy atom. The Bertz CT molecular complexity index is 1190. The van der Waals surface area contributed by atoms with E-state index < -0.39 is 0 Å². The first-order chi connectivity index (χ1) is 16.5. The van der Waals surface area contributed by atoms with Crippen molar-refractivity contribution in [2.45, 2.75) is 0 Å². The van der Waals surface area contributed by atoms with Gasteiger partial charge in [0.25, 0.3) is 0 Å². The van der Waals surface area contributed by atoms with Crippen molar-refractivity contribution in [1.29, 1.82) is 0 Å². The molecule has 7 nitrogen and oxygen atoms in total. The highest BCUT2D eigenvalue weighted by Crippen LogP contribution is 2.38. The summed E-state index contributed by atoms with van der Waals surface area (Å²) < 4.78 is 21.3. The van der Waals surface area contributed by atoms with Crippen LogP contribution in [0.15, 0.2) is 66.9 Å². The number of nitrogens with one attached hydrogen (secondary N) is 1. The maximum Gasteiger partial charge on any atom is 0.203 e. The highest BCUT2D eigenvalue weighted by molar-refractivity contribution is 6.05. The number of nitrogens with two attached hydrogens (primary N) is 1. The number of anilines is 2. The van der Waals surface area contributed by atoms with Crippen molar-refractivity contribution in [3.63, 3.8) is 0 Å². The Morgan fingerprint density at radius 1 is 0.824 bits per heavy atom. The van der Waals surface area contributed by atoms with Crippen molar-refractivity contribution in [1.82, 2.24) is 0 Å². The number of carbonyl (C=O) groups is 1. The number of hydrogen-bond acceptors (Lipinski definition) is 7. The van der Waals surface area contributed by atoms with Crippen LogP contribution in [0, 0.1) is 0 Å². The highest BCUT2D eigenvalue weighted by Gasteiger charge is 2.12. The normalized spacial score (nSPS) is 10.9. The molecule has 0 saturated heterocycles. The lowest BCUT2D eigenvalue weighted by Gasteiger charge is -2.13. The number of nitrogen functional groups attached to an aromatic ring is 1. The van der Waals surface area contributed by atoms with E-state index in [1.54, 1.807) is 45.7 Å². The Kier molecular flexibility index (Phi) is 8.18. The monoisotopic (exact) mass is 460 g/mol. The van der Waals surface area contributed by atoms with E-state index in [0.29, 0.717) is 34.2 Å². The summed E-state index contributed by atoms with van der Waals surface area (Å²) in [5, 5.41) is 3.17. The minimum Gasteiger partial charge on any atom is -0.495 e. The molecule has 0 unspecified atom stereocenters. The molecule has 0 aliphatic carbocycles. The molecule has 0 heterocycles. The van der Waals surface area contributed by atoms with Crippen molar-refractivity contribution < 1.29 is 23.7 Å². The minimum absolute atomic E-state index is 0.174. The second-order valence-electron chi connectivity index (χ2n) is 7.18. The lowest BCUT2D eigenvalue weighted by molar-refractivity contribution is 0.104. The van der Waals surface area contributed by atoms with Crippen molar-refractivity contribution in [3.8, 4) is 23.0 Å². The summed E-state index contributed by atoms with van der Waals surface area (Å²) in [6.45, 7) is 0. The molecule has 176 valence electrons. The van der Waals surface area contributed by atoms with Crippen molar-refractivity contribution in [3.05, 3.63) is 83.6 Å². The molecule has 0 aromatic heterocycles. The molecule has 0 spiro atoms. The molecule has 0 bridgehead atoms. The zero-order valence-electron chi connectivity index (χ0n) is 19.6. The van der Waals surface area contributed by atoms with Crippen LogP contribution in [-0.2, 0) is 0 Å². The van der Waals surface area contributed by atoms with Crippen molar-refractivity contribution >= 4 is 29.3 Å². The highest BCUT2D eigenvalue weighted by atomic mass is 16.5. The number of ether oxygens (including phenoxy) is 4. The summed E-state index contributed by atoms with van der Waals surface area (Å²) in [7, 11) is 6.26. The third kappa shape index (κ3) is 5.69. The number of methoxy groups -OCH3 is 4. The van der Waals surface area contributed by atoms with Gasteiger partial charge >= 0.3 is 0 Å². The van der Waals surface area contributed by atoms with Gasteiger partial charge in [0, 0.05) is 23.5 Å². The number of allylic oxidation sites excluding steroid dienone is 1. The third-order valence-electron chi connectivity index (χ3n) is 5.09. The van der Waals surface area contributed by atoms with Gasteiger partial charge in [-0.2, -0.15) is 0 Å². The fourth-order valence-electron chi connectivity index (χ4n) is 3.35. The van der Waals surface area contributed by atoms with E-state index >= 15 is 0 Å². The molecule has 7 heteroatoms. The van der Waals surface area contributed by atoms with Crippen LogP contribution in [-0.4, -0.2) is 34.2 Å². The van der Waals surface area contributed by atoms with Crippen LogP contribution in [0.2, 0.25) is 0 Å². The van der Waals surface area contributed by atoms with Crippen LogP contribution in [0.25, 0.3) is 12.2 Å². The van der Waals surface area contributed by atoms with E-state index in [4.69, 9.17) is 24.7 Å². The molecule has 0 atom stereocenters. The average molecular weight is 461 g/mol. The van der Waals surface area contributed by atoms with Crippen LogP contribution >= 0.6 is 0 Å². The van der Waals surface area contributed by atoms with Gasteiger partial charge < -0.3 is 30.0 Å². The molecular weight excluding hydrogens is 432 g/mol. The molecule has 0 saturated carbocycles. The van der Waals surface area contributed by atoms with E-state index in [0.717, 1.165) is 16.8 Å². The molecule has 0 fully saturated rings. The second kappa shape index (κ2) is 11.5. The Morgan fingerprint density at radius 2 is 1.50 bits per heavy atom.